The smallest absolute Gasteiger partial charge is 0.312 e. The summed E-state index contributed by atoms with van der Waals surface area (Å²) in [5.74, 6) is -4.46. The average Bonchev–Trinajstić information content (AvgIpc) is 2.65. The van der Waals surface area contributed by atoms with Gasteiger partial charge in [0, 0.05) is 5.06 Å². The van der Waals surface area contributed by atoms with E-state index in [2.05, 4.69) is 0 Å². The fourth-order valence-corrected chi connectivity index (χ4v) is 10.2. The predicted molar refractivity (Wildman–Crippen MR) is 144 cm³/mol. The van der Waals surface area contributed by atoms with E-state index in [-0.39, 0.29) is 14.8 Å². The second-order valence-electron chi connectivity index (χ2n) is 12.3. The van der Waals surface area contributed by atoms with Crippen LogP contribution in [0.2, 0.25) is 0 Å². The summed E-state index contributed by atoms with van der Waals surface area (Å²) in [5.41, 5.74) is -22.7. The zero-order chi connectivity index (χ0) is 28.4. The van der Waals surface area contributed by atoms with Crippen LogP contribution in [0.25, 0.3) is 0 Å². The largest absolute Gasteiger partial charge is 0.452 e. The Morgan fingerprint density at radius 2 is 1.37 bits per heavy atom. The molecule has 14 atom stereocenters. The molecule has 202 valence electrons. The molecule has 0 heterocycles. The maximum Gasteiger partial charge on any atom is 0.312 e. The van der Waals surface area contributed by atoms with Gasteiger partial charge in [0.15, 0.2) is 47.8 Å². The lowest BCUT2D eigenvalue weighted by atomic mass is 9.34. The number of esters is 1. The Labute approximate surface area is 214 Å². The molecular weight excluding hydrogens is 551 g/mol. The highest BCUT2D eigenvalue weighted by Crippen LogP contribution is 2.79. The van der Waals surface area contributed by atoms with Gasteiger partial charge in [0.2, 0.25) is 5.67 Å². The number of halogens is 7. The lowest BCUT2D eigenvalue weighted by Gasteiger charge is -2.77. The van der Waals surface area contributed by atoms with Crippen molar-refractivity contribution in [3.8, 4) is 0 Å². The van der Waals surface area contributed by atoms with Crippen LogP contribution in [0.4, 0.5) is 30.7 Å². The first kappa shape index (κ1) is 32.0. The standard InChI is InChI=1S/C20H35B2F7O2P4/c1-11(2,3)12(4,5)10(30)31-18-16(27,34)8(23)13(6,33)17(28,20(18,22)35)14(7,25)15(26,9(24)32)19(18,21)29/h8-9H,21-22,32-35H2,1-7H3. The average molecular weight is 586 g/mol. The van der Waals surface area contributed by atoms with Crippen molar-refractivity contribution in [2.45, 2.75) is 104 Å². The molecule has 2 fully saturated rings. The molecule has 15 heteroatoms. The minimum absolute atomic E-state index is 0.289. The summed E-state index contributed by atoms with van der Waals surface area (Å²) in [4.78, 5) is 13.5. The zero-order valence-corrected chi connectivity index (χ0v) is 26.0. The van der Waals surface area contributed by atoms with Gasteiger partial charge in [-0.2, -0.15) is 0 Å². The van der Waals surface area contributed by atoms with Crippen LogP contribution in [0.15, 0.2) is 0 Å². The molecule has 0 aromatic rings. The van der Waals surface area contributed by atoms with Gasteiger partial charge in [-0.1, -0.05) is 39.3 Å². The van der Waals surface area contributed by atoms with E-state index in [9.17, 15) is 9.18 Å². The van der Waals surface area contributed by atoms with Gasteiger partial charge >= 0.3 is 5.97 Å². The SMILES string of the molecule is BC1(F)C(F)(C(F)P)C(C)(F)C2(F)C(C)(P)C(F)C(F)(P)C1(OC(=O)C(C)(C)C(C)(C)C)C2(B)P. The van der Waals surface area contributed by atoms with Crippen LogP contribution in [0, 0.1) is 10.8 Å². The van der Waals surface area contributed by atoms with Gasteiger partial charge in [-0.05, 0) is 33.1 Å². The Kier molecular flexibility index (Phi) is 7.27. The fraction of sp³-hybridized carbons (Fsp3) is 0.950. The van der Waals surface area contributed by atoms with E-state index in [0.29, 0.717) is 0 Å². The van der Waals surface area contributed by atoms with Crippen molar-refractivity contribution in [2.75, 3.05) is 0 Å². The highest BCUT2D eigenvalue weighted by Gasteiger charge is 2.99. The molecule has 2 nitrogen and oxygen atoms in total. The topological polar surface area (TPSA) is 26.3 Å². The Bertz CT molecular complexity index is 916. The Balaban J connectivity index is 3.19. The van der Waals surface area contributed by atoms with Crippen LogP contribution in [-0.4, -0.2) is 77.5 Å². The third kappa shape index (κ3) is 3.06. The van der Waals surface area contributed by atoms with E-state index in [1.165, 1.54) is 32.3 Å². The molecule has 35 heavy (non-hydrogen) atoms. The minimum Gasteiger partial charge on any atom is -0.452 e. The summed E-state index contributed by atoms with van der Waals surface area (Å²) < 4.78 is 121. The fourth-order valence-electron chi connectivity index (χ4n) is 6.15. The highest BCUT2D eigenvalue weighted by molar-refractivity contribution is 7.25. The van der Waals surface area contributed by atoms with Gasteiger partial charge in [-0.3, -0.25) is 4.79 Å². The molecule has 0 amide bonds. The molecule has 0 aromatic carbocycles. The van der Waals surface area contributed by atoms with Crippen molar-refractivity contribution in [1.29, 1.82) is 0 Å². The van der Waals surface area contributed by atoms with Crippen molar-refractivity contribution < 1.29 is 40.3 Å². The molecule has 2 aliphatic rings. The van der Waals surface area contributed by atoms with Gasteiger partial charge in [-0.15, -0.1) is 18.5 Å². The number of alkyl halides is 7. The van der Waals surface area contributed by atoms with Crippen LogP contribution in [-0.2, 0) is 9.53 Å². The molecule has 0 spiro atoms. The summed E-state index contributed by atoms with van der Waals surface area (Å²) in [7, 11) is 7.12. The van der Waals surface area contributed by atoms with Crippen LogP contribution in [0.1, 0.15) is 48.5 Å². The van der Waals surface area contributed by atoms with E-state index in [4.69, 9.17) is 4.74 Å². The third-order valence-corrected chi connectivity index (χ3v) is 12.0. The quantitative estimate of drug-likeness (QED) is 0.219. The van der Waals surface area contributed by atoms with Gasteiger partial charge in [0.05, 0.1) is 10.6 Å². The number of carbonyl (C=O) groups excluding carboxylic acids is 1. The summed E-state index contributed by atoms with van der Waals surface area (Å²) >= 11 is 0. The number of rotatable bonds is 3. The lowest BCUT2D eigenvalue weighted by Crippen LogP contribution is -3.01. The molecule has 0 saturated heterocycles. The van der Waals surface area contributed by atoms with Crippen molar-refractivity contribution in [3.05, 3.63) is 0 Å². The Morgan fingerprint density at radius 1 is 0.971 bits per heavy atom. The van der Waals surface area contributed by atoms with Gasteiger partial charge in [0.25, 0.3) is 0 Å². The third-order valence-electron chi connectivity index (χ3n) is 9.31. The molecular formula is C20H35B2F7O2P4. The first-order valence-corrected chi connectivity index (χ1v) is 13.5. The maximum atomic E-state index is 17.3. The molecule has 2 saturated carbocycles. The van der Waals surface area contributed by atoms with E-state index in [1.54, 1.807) is 39.3 Å². The molecule has 2 aliphatic carbocycles. The van der Waals surface area contributed by atoms with E-state index in [0.717, 1.165) is 14.8 Å². The number of hydrogen-bond donors (Lipinski definition) is 0. The van der Waals surface area contributed by atoms with Crippen molar-refractivity contribution in [2.24, 2.45) is 10.8 Å². The Morgan fingerprint density at radius 3 is 1.71 bits per heavy atom. The highest BCUT2D eigenvalue weighted by atomic mass is 31.0. The Hall–Kier alpha value is 0.830. The second kappa shape index (κ2) is 7.95. The van der Waals surface area contributed by atoms with Crippen LogP contribution in [0.5, 0.6) is 0 Å². The van der Waals surface area contributed by atoms with Crippen LogP contribution < -0.4 is 0 Å². The van der Waals surface area contributed by atoms with Crippen molar-refractivity contribution >= 4 is 58.6 Å². The van der Waals surface area contributed by atoms with Crippen LogP contribution >= 0.6 is 37.0 Å². The van der Waals surface area contributed by atoms with Crippen molar-refractivity contribution in [3.63, 3.8) is 0 Å². The van der Waals surface area contributed by atoms with E-state index >= 15 is 26.3 Å². The van der Waals surface area contributed by atoms with Gasteiger partial charge < -0.3 is 4.74 Å². The first-order valence-electron chi connectivity index (χ1n) is 11.1. The predicted octanol–water partition coefficient (Wildman–Crippen LogP) is 3.70. The molecule has 2 bridgehead atoms. The normalized spacial score (nSPS) is 53.7. The summed E-state index contributed by atoms with van der Waals surface area (Å²) in [6.45, 7) is 8.66. The van der Waals surface area contributed by atoms with Crippen LogP contribution in [0.3, 0.4) is 0 Å². The minimum atomic E-state index is -4.45. The molecule has 0 aliphatic heterocycles. The summed E-state index contributed by atoms with van der Waals surface area (Å²) in [6.07, 6.45) is -3.06. The molecule has 14 unspecified atom stereocenters. The monoisotopic (exact) mass is 586 g/mol. The van der Waals surface area contributed by atoms with Gasteiger partial charge in [-0.25, -0.2) is 30.7 Å². The number of fused-ring (bicyclic) bond motifs is 2. The van der Waals surface area contributed by atoms with E-state index in [1.807, 2.05) is 0 Å². The molecule has 0 N–H and O–H groups in total. The summed E-state index contributed by atoms with van der Waals surface area (Å²) in [6, 6.07) is 0. The zero-order valence-electron chi connectivity index (χ0n) is 21.4. The van der Waals surface area contributed by atoms with E-state index < -0.39 is 72.7 Å². The number of carbonyl (C=O) groups is 1. The summed E-state index contributed by atoms with van der Waals surface area (Å²) in [5, 5.41) is -9.37. The maximum absolute atomic E-state index is 17.3. The second-order valence-corrected chi connectivity index (χ2v) is 16.1. The molecule has 0 radical (unpaired) electrons. The molecule has 2 rings (SSSR count). The number of hydrogen-bond acceptors (Lipinski definition) is 2. The number of ether oxygens (including phenoxy) is 1. The molecule has 0 aromatic heterocycles. The van der Waals surface area contributed by atoms with Crippen molar-refractivity contribution in [1.82, 2.24) is 0 Å². The lowest BCUT2D eigenvalue weighted by molar-refractivity contribution is -0.342. The van der Waals surface area contributed by atoms with Gasteiger partial charge in [0.1, 0.15) is 7.85 Å². The first-order chi connectivity index (χ1) is 15.0.